The normalized spacial score (nSPS) is 26.1. The van der Waals surface area contributed by atoms with E-state index >= 15 is 0 Å². The number of benzene rings is 1. The van der Waals surface area contributed by atoms with Crippen LogP contribution in [-0.4, -0.2) is 34.9 Å². The van der Waals surface area contributed by atoms with E-state index in [4.69, 9.17) is 10.00 Å². The maximum atomic E-state index is 13.0. The minimum Gasteiger partial charge on any atom is -0.459 e. The predicted molar refractivity (Wildman–Crippen MR) is 101 cm³/mol. The van der Waals surface area contributed by atoms with Gasteiger partial charge in [-0.25, -0.2) is 4.79 Å². The average Bonchev–Trinajstić information content (AvgIpc) is 2.81. The highest BCUT2D eigenvalue weighted by atomic mass is 16.5. The van der Waals surface area contributed by atoms with Crippen molar-refractivity contribution in [2.75, 3.05) is 6.54 Å². The van der Waals surface area contributed by atoms with E-state index in [0.717, 1.165) is 11.3 Å². The Balaban J connectivity index is 1.66. The number of urea groups is 1. The number of ether oxygens (including phenoxy) is 1. The van der Waals surface area contributed by atoms with Crippen LogP contribution in [0.2, 0.25) is 0 Å². The Kier molecular flexibility index (Phi) is 5.16. The van der Waals surface area contributed by atoms with E-state index in [1.165, 1.54) is 0 Å². The first-order chi connectivity index (χ1) is 13.2. The Morgan fingerprint density at radius 1 is 1.32 bits per heavy atom. The fourth-order valence-electron chi connectivity index (χ4n) is 4.74. The van der Waals surface area contributed by atoms with Gasteiger partial charge >= 0.3 is 12.0 Å². The van der Waals surface area contributed by atoms with Gasteiger partial charge in [0.05, 0.1) is 11.6 Å². The Bertz CT molecular complexity index is 857. The molecule has 0 unspecified atom stereocenters. The van der Waals surface area contributed by atoms with Crippen molar-refractivity contribution < 1.29 is 19.1 Å². The number of nitrogens with zero attached hydrogens (tertiary/aromatic N) is 2. The molecule has 7 heteroatoms. The summed E-state index contributed by atoms with van der Waals surface area (Å²) >= 11 is 0. The number of amides is 3. The Hall–Kier alpha value is -2.88. The number of nitrogens with one attached hydrogen (secondary N) is 1. The second kappa shape index (κ2) is 7.27. The van der Waals surface area contributed by atoms with Gasteiger partial charge in [0.15, 0.2) is 0 Å². The zero-order valence-corrected chi connectivity index (χ0v) is 16.4. The number of imide groups is 1. The topological polar surface area (TPSA) is 99.5 Å². The number of nitriles is 1. The van der Waals surface area contributed by atoms with Crippen molar-refractivity contribution in [2.24, 2.45) is 11.3 Å². The number of esters is 1. The van der Waals surface area contributed by atoms with Gasteiger partial charge in [-0.1, -0.05) is 39.0 Å². The molecule has 1 saturated carbocycles. The van der Waals surface area contributed by atoms with Gasteiger partial charge in [-0.2, -0.15) is 5.26 Å². The van der Waals surface area contributed by atoms with Gasteiger partial charge in [-0.15, -0.1) is 0 Å². The minimum atomic E-state index is -0.939. The highest BCUT2D eigenvalue weighted by Gasteiger charge is 2.56. The summed E-state index contributed by atoms with van der Waals surface area (Å²) in [5.74, 6) is -0.745. The molecule has 3 rings (SSSR count). The van der Waals surface area contributed by atoms with Gasteiger partial charge in [0.25, 0.3) is 5.91 Å². The fraction of sp³-hybridized carbons (Fsp3) is 0.524. The second-order valence-corrected chi connectivity index (χ2v) is 8.69. The summed E-state index contributed by atoms with van der Waals surface area (Å²) in [5.41, 5.74) is -0.0121. The maximum absolute atomic E-state index is 13.0. The summed E-state index contributed by atoms with van der Waals surface area (Å²) in [6.07, 6.45) is 2.11. The SMILES string of the molecule is C[C@@H]1CC(C)(C)C[C@]2(C1)NC(=O)N(CC(=O)OCc1ccccc1C#N)C2=O. The van der Waals surface area contributed by atoms with Crippen LogP contribution in [0.1, 0.15) is 51.2 Å². The summed E-state index contributed by atoms with van der Waals surface area (Å²) in [6.45, 7) is 5.74. The van der Waals surface area contributed by atoms with Crippen molar-refractivity contribution in [3.63, 3.8) is 0 Å². The number of rotatable bonds is 4. The molecule has 1 heterocycles. The summed E-state index contributed by atoms with van der Waals surface area (Å²) < 4.78 is 5.20. The molecule has 1 saturated heterocycles. The zero-order valence-electron chi connectivity index (χ0n) is 16.4. The molecule has 3 amide bonds. The lowest BCUT2D eigenvalue weighted by Crippen LogP contribution is -2.54. The molecule has 2 aliphatic rings. The third kappa shape index (κ3) is 3.86. The molecule has 2 atom stereocenters. The summed E-state index contributed by atoms with van der Waals surface area (Å²) in [5, 5.41) is 11.9. The third-order valence-corrected chi connectivity index (χ3v) is 5.44. The molecule has 0 aromatic heterocycles. The first-order valence-electron chi connectivity index (χ1n) is 9.43. The quantitative estimate of drug-likeness (QED) is 0.637. The highest BCUT2D eigenvalue weighted by molar-refractivity contribution is 6.08. The van der Waals surface area contributed by atoms with E-state index in [1.54, 1.807) is 24.3 Å². The van der Waals surface area contributed by atoms with Crippen LogP contribution in [0.3, 0.4) is 0 Å². The molecule has 2 fully saturated rings. The van der Waals surface area contributed by atoms with Crippen LogP contribution in [0.15, 0.2) is 24.3 Å². The van der Waals surface area contributed by atoms with Crippen LogP contribution >= 0.6 is 0 Å². The van der Waals surface area contributed by atoms with E-state index in [2.05, 4.69) is 26.1 Å². The van der Waals surface area contributed by atoms with E-state index in [-0.39, 0.29) is 17.9 Å². The molecule has 148 valence electrons. The highest BCUT2D eigenvalue weighted by Crippen LogP contribution is 2.46. The molecule has 7 nitrogen and oxygen atoms in total. The molecule has 0 radical (unpaired) electrons. The Labute approximate surface area is 164 Å². The first-order valence-corrected chi connectivity index (χ1v) is 9.43. The maximum Gasteiger partial charge on any atom is 0.326 e. The van der Waals surface area contributed by atoms with Crippen LogP contribution in [0.5, 0.6) is 0 Å². The lowest BCUT2D eigenvalue weighted by molar-refractivity contribution is -0.149. The number of carbonyl (C=O) groups excluding carboxylic acids is 3. The van der Waals surface area contributed by atoms with Crippen molar-refractivity contribution in [1.82, 2.24) is 10.2 Å². The first kappa shape index (κ1) is 19.9. The largest absolute Gasteiger partial charge is 0.459 e. The van der Waals surface area contributed by atoms with Gasteiger partial charge in [-0.3, -0.25) is 14.5 Å². The molecule has 1 N–H and O–H groups in total. The number of hydrogen-bond donors (Lipinski definition) is 1. The minimum absolute atomic E-state index is 0.0713. The van der Waals surface area contributed by atoms with Crippen LogP contribution in [0.4, 0.5) is 4.79 Å². The molecule has 28 heavy (non-hydrogen) atoms. The molecular weight excluding hydrogens is 358 g/mol. The fourth-order valence-corrected chi connectivity index (χ4v) is 4.74. The van der Waals surface area contributed by atoms with Crippen molar-refractivity contribution in [3.05, 3.63) is 35.4 Å². The van der Waals surface area contributed by atoms with Crippen LogP contribution in [0, 0.1) is 22.7 Å². The summed E-state index contributed by atoms with van der Waals surface area (Å²) in [6, 6.07) is 8.29. The number of carbonyl (C=O) groups is 3. The third-order valence-electron chi connectivity index (χ3n) is 5.44. The van der Waals surface area contributed by atoms with Gasteiger partial charge in [0.2, 0.25) is 0 Å². The monoisotopic (exact) mass is 383 g/mol. The molecule has 0 bridgehead atoms. The van der Waals surface area contributed by atoms with Crippen LogP contribution < -0.4 is 5.32 Å². The molecule has 1 aliphatic heterocycles. The Morgan fingerprint density at radius 3 is 2.71 bits per heavy atom. The van der Waals surface area contributed by atoms with Crippen molar-refractivity contribution >= 4 is 17.9 Å². The van der Waals surface area contributed by atoms with E-state index in [0.29, 0.717) is 29.9 Å². The van der Waals surface area contributed by atoms with E-state index in [9.17, 15) is 14.4 Å². The smallest absolute Gasteiger partial charge is 0.326 e. The molecule has 1 spiro atoms. The van der Waals surface area contributed by atoms with Gasteiger partial charge in [0.1, 0.15) is 18.7 Å². The van der Waals surface area contributed by atoms with Gasteiger partial charge in [-0.05, 0) is 36.7 Å². The van der Waals surface area contributed by atoms with Gasteiger partial charge < -0.3 is 10.1 Å². The van der Waals surface area contributed by atoms with Crippen LogP contribution in [-0.2, 0) is 20.9 Å². The lowest BCUT2D eigenvalue weighted by atomic mass is 9.64. The summed E-state index contributed by atoms with van der Waals surface area (Å²) in [4.78, 5) is 38.7. The molecule has 1 aromatic rings. The molecule has 1 aromatic carbocycles. The van der Waals surface area contributed by atoms with E-state index in [1.807, 2.05) is 6.07 Å². The number of hydrogen-bond acceptors (Lipinski definition) is 5. The van der Waals surface area contributed by atoms with Crippen molar-refractivity contribution in [2.45, 2.75) is 52.2 Å². The van der Waals surface area contributed by atoms with Gasteiger partial charge in [0, 0.05) is 5.56 Å². The molecular formula is C21H25N3O4. The Morgan fingerprint density at radius 2 is 2.04 bits per heavy atom. The second-order valence-electron chi connectivity index (χ2n) is 8.69. The average molecular weight is 383 g/mol. The van der Waals surface area contributed by atoms with Crippen molar-refractivity contribution in [3.8, 4) is 6.07 Å². The predicted octanol–water partition coefficient (Wildman–Crippen LogP) is 2.74. The zero-order chi connectivity index (χ0) is 20.5. The van der Waals surface area contributed by atoms with E-state index < -0.39 is 24.1 Å². The standard InChI is InChI=1S/C21H25N3O4/c1-14-8-20(2,3)13-21(9-14)18(26)24(19(27)23-21)11-17(25)28-12-16-7-5-4-6-15(16)10-22/h4-7,14H,8-9,11-13H2,1-3H3,(H,23,27)/t14-,21+/m1/s1. The molecule has 1 aliphatic carbocycles. The van der Waals surface area contributed by atoms with Crippen molar-refractivity contribution in [1.29, 1.82) is 5.26 Å². The summed E-state index contributed by atoms with van der Waals surface area (Å²) in [7, 11) is 0. The van der Waals surface area contributed by atoms with Crippen LogP contribution in [0.25, 0.3) is 0 Å². The lowest BCUT2D eigenvalue weighted by Gasteiger charge is -2.43.